The van der Waals surface area contributed by atoms with E-state index in [1.54, 1.807) is 11.9 Å². The Morgan fingerprint density at radius 1 is 1.13 bits per heavy atom. The Morgan fingerprint density at radius 2 is 1.83 bits per heavy atom. The lowest BCUT2D eigenvalue weighted by Gasteiger charge is -2.24. The fourth-order valence-electron chi connectivity index (χ4n) is 2.89. The fourth-order valence-corrected chi connectivity index (χ4v) is 6.33. The van der Waals surface area contributed by atoms with Crippen molar-refractivity contribution in [2.75, 3.05) is 40.3 Å². The molecule has 1 aromatic rings. The third-order valence-electron chi connectivity index (χ3n) is 4.23. The predicted octanol–water partition coefficient (Wildman–Crippen LogP) is -0.906. The van der Waals surface area contributed by atoms with E-state index in [1.807, 2.05) is 0 Å². The zero-order chi connectivity index (χ0) is 16.7. The molecule has 2 aliphatic heterocycles. The van der Waals surface area contributed by atoms with E-state index < -0.39 is 19.7 Å². The molecule has 0 radical (unpaired) electrons. The van der Waals surface area contributed by atoms with E-state index in [9.17, 15) is 16.8 Å². The molecule has 0 bridgehead atoms. The molecule has 23 heavy (non-hydrogen) atoms. The molecule has 0 aromatic carbocycles. The largest absolute Gasteiger partial charge is 0.354 e. The minimum absolute atomic E-state index is 0.0668. The zero-order valence-electron chi connectivity index (χ0n) is 12.7. The lowest BCUT2D eigenvalue weighted by molar-refractivity contribution is 0.599. The van der Waals surface area contributed by atoms with Gasteiger partial charge in [-0.15, -0.1) is 5.10 Å². The average Bonchev–Trinajstić information content (AvgIpc) is 3.00. The number of sulfone groups is 2. The van der Waals surface area contributed by atoms with Gasteiger partial charge in [-0.3, -0.25) is 0 Å². The van der Waals surface area contributed by atoms with Gasteiger partial charge in [-0.1, -0.05) is 0 Å². The van der Waals surface area contributed by atoms with Crippen LogP contribution in [-0.4, -0.2) is 74.2 Å². The number of rotatable bonds is 4. The second-order valence-corrected chi connectivity index (χ2v) is 10.5. The van der Waals surface area contributed by atoms with Gasteiger partial charge in [-0.25, -0.2) is 16.8 Å². The van der Waals surface area contributed by atoms with E-state index in [1.165, 1.54) is 6.20 Å². The molecule has 3 heterocycles. The molecular formula is C12H19N5O4S2. The van der Waals surface area contributed by atoms with Crippen molar-refractivity contribution in [2.24, 2.45) is 0 Å². The second-order valence-electron chi connectivity index (χ2n) is 6.05. The predicted molar refractivity (Wildman–Crippen MR) is 86.0 cm³/mol. The first kappa shape index (κ1) is 16.4. The van der Waals surface area contributed by atoms with E-state index in [0.717, 1.165) is 0 Å². The van der Waals surface area contributed by atoms with Crippen LogP contribution in [0.1, 0.15) is 12.8 Å². The van der Waals surface area contributed by atoms with Gasteiger partial charge in [0.1, 0.15) is 0 Å². The Balaban J connectivity index is 1.70. The quantitative estimate of drug-likeness (QED) is 0.726. The summed E-state index contributed by atoms with van der Waals surface area (Å²) in [5.74, 6) is 1.31. The molecule has 11 heteroatoms. The smallest absolute Gasteiger partial charge is 0.244 e. The topological polar surface area (TPSA) is 122 Å². The summed E-state index contributed by atoms with van der Waals surface area (Å²) in [4.78, 5) is 6.12. The summed E-state index contributed by atoms with van der Waals surface area (Å²) < 4.78 is 46.1. The van der Waals surface area contributed by atoms with Crippen LogP contribution in [-0.2, 0) is 19.7 Å². The minimum Gasteiger partial charge on any atom is -0.354 e. The molecule has 9 nitrogen and oxygen atoms in total. The van der Waals surface area contributed by atoms with Crippen LogP contribution in [0.3, 0.4) is 0 Å². The molecule has 0 amide bonds. The third kappa shape index (κ3) is 3.89. The second kappa shape index (κ2) is 5.86. The van der Waals surface area contributed by atoms with E-state index >= 15 is 0 Å². The van der Waals surface area contributed by atoms with Crippen molar-refractivity contribution in [1.82, 2.24) is 15.2 Å². The van der Waals surface area contributed by atoms with Gasteiger partial charge in [0, 0.05) is 19.1 Å². The molecule has 2 saturated heterocycles. The summed E-state index contributed by atoms with van der Waals surface area (Å²) in [6, 6.07) is -0.342. The summed E-state index contributed by atoms with van der Waals surface area (Å²) in [5, 5.41) is 10.7. The normalized spacial score (nSPS) is 28.6. The molecule has 2 unspecified atom stereocenters. The summed E-state index contributed by atoms with van der Waals surface area (Å²) in [6.07, 6.45) is 2.56. The minimum atomic E-state index is -2.98. The van der Waals surface area contributed by atoms with E-state index in [2.05, 4.69) is 20.5 Å². The van der Waals surface area contributed by atoms with Crippen LogP contribution in [0.15, 0.2) is 6.20 Å². The summed E-state index contributed by atoms with van der Waals surface area (Å²) in [5.41, 5.74) is 0. The van der Waals surface area contributed by atoms with Gasteiger partial charge in [-0.2, -0.15) is 10.1 Å². The SMILES string of the molecule is CN(c1cnnc(NC2CCS(=O)(=O)C2)n1)C1CCS(=O)(=O)C1. The van der Waals surface area contributed by atoms with Gasteiger partial charge >= 0.3 is 0 Å². The Labute approximate surface area is 135 Å². The summed E-state index contributed by atoms with van der Waals surface area (Å²) >= 11 is 0. The number of nitrogens with zero attached hydrogens (tertiary/aromatic N) is 4. The zero-order valence-corrected chi connectivity index (χ0v) is 14.3. The van der Waals surface area contributed by atoms with E-state index in [4.69, 9.17) is 0 Å². The van der Waals surface area contributed by atoms with Gasteiger partial charge < -0.3 is 10.2 Å². The van der Waals surface area contributed by atoms with Crippen molar-refractivity contribution in [3.8, 4) is 0 Å². The van der Waals surface area contributed by atoms with Gasteiger partial charge in [0.15, 0.2) is 25.5 Å². The van der Waals surface area contributed by atoms with Gasteiger partial charge in [0.25, 0.3) is 0 Å². The van der Waals surface area contributed by atoms with Gasteiger partial charge in [0.2, 0.25) is 5.95 Å². The molecule has 2 fully saturated rings. The highest BCUT2D eigenvalue weighted by Gasteiger charge is 2.32. The first-order chi connectivity index (χ1) is 10.7. The molecule has 0 aliphatic carbocycles. The molecule has 2 atom stereocenters. The van der Waals surface area contributed by atoms with Crippen molar-refractivity contribution < 1.29 is 16.8 Å². The number of nitrogens with one attached hydrogen (secondary N) is 1. The Bertz CT molecular complexity index is 795. The molecule has 2 aliphatic rings. The van der Waals surface area contributed by atoms with Crippen molar-refractivity contribution in [1.29, 1.82) is 0 Å². The third-order valence-corrected chi connectivity index (χ3v) is 7.75. The van der Waals surface area contributed by atoms with Crippen LogP contribution >= 0.6 is 0 Å². The summed E-state index contributed by atoms with van der Waals surface area (Å²) in [6.45, 7) is 0. The number of anilines is 2. The molecule has 128 valence electrons. The van der Waals surface area contributed by atoms with Crippen LogP contribution in [0.2, 0.25) is 0 Å². The number of aromatic nitrogens is 3. The van der Waals surface area contributed by atoms with Crippen molar-refractivity contribution in [3.05, 3.63) is 6.20 Å². The highest BCUT2D eigenvalue weighted by atomic mass is 32.2. The maximum atomic E-state index is 11.6. The maximum absolute atomic E-state index is 11.6. The Morgan fingerprint density at radius 3 is 2.43 bits per heavy atom. The Hall–Kier alpha value is -1.49. The lowest BCUT2D eigenvalue weighted by atomic mass is 10.2. The molecule has 0 spiro atoms. The van der Waals surface area contributed by atoms with Crippen LogP contribution in [0, 0.1) is 0 Å². The maximum Gasteiger partial charge on any atom is 0.244 e. The number of hydrogen-bond donors (Lipinski definition) is 1. The van der Waals surface area contributed by atoms with E-state index in [0.29, 0.717) is 18.7 Å². The standard InChI is InChI=1S/C12H19N5O4S2/c1-17(10-3-5-23(20,21)8-10)11-6-13-16-12(15-11)14-9-2-4-22(18,19)7-9/h6,9-10H,2-5,7-8H2,1H3,(H,14,15,16). The molecule has 3 rings (SSSR count). The first-order valence-corrected chi connectivity index (χ1v) is 11.0. The van der Waals surface area contributed by atoms with Crippen LogP contribution in [0.25, 0.3) is 0 Å². The highest BCUT2D eigenvalue weighted by Crippen LogP contribution is 2.22. The average molecular weight is 361 g/mol. The monoisotopic (exact) mass is 361 g/mol. The Kier molecular flexibility index (Phi) is 4.17. The highest BCUT2D eigenvalue weighted by molar-refractivity contribution is 7.91. The molecule has 0 saturated carbocycles. The van der Waals surface area contributed by atoms with Gasteiger partial charge in [0.05, 0.1) is 29.2 Å². The fraction of sp³-hybridized carbons (Fsp3) is 0.750. The summed E-state index contributed by atoms with van der Waals surface area (Å²) in [7, 11) is -4.18. The van der Waals surface area contributed by atoms with Crippen LogP contribution < -0.4 is 10.2 Å². The molecular weight excluding hydrogens is 342 g/mol. The van der Waals surface area contributed by atoms with Crippen LogP contribution in [0.4, 0.5) is 11.8 Å². The van der Waals surface area contributed by atoms with Crippen molar-refractivity contribution in [2.45, 2.75) is 24.9 Å². The van der Waals surface area contributed by atoms with Crippen molar-refractivity contribution >= 4 is 31.4 Å². The van der Waals surface area contributed by atoms with Crippen molar-refractivity contribution in [3.63, 3.8) is 0 Å². The number of hydrogen-bond acceptors (Lipinski definition) is 9. The molecule has 1 N–H and O–H groups in total. The first-order valence-electron chi connectivity index (χ1n) is 7.34. The van der Waals surface area contributed by atoms with Gasteiger partial charge in [-0.05, 0) is 12.8 Å². The lowest BCUT2D eigenvalue weighted by Crippen LogP contribution is -2.33. The van der Waals surface area contributed by atoms with Crippen LogP contribution in [0.5, 0.6) is 0 Å². The molecule has 1 aromatic heterocycles. The van der Waals surface area contributed by atoms with E-state index in [-0.39, 0.29) is 41.0 Å².